The molecule has 3 heteroatoms. The molecule has 3 nitrogen and oxygen atoms in total. The second kappa shape index (κ2) is 32.8. The van der Waals surface area contributed by atoms with Crippen molar-refractivity contribution in [3.8, 4) is 0 Å². The SMILES string of the molecule is CCCCCC/C=C\CCCCCC=O.CCCCCC/C=C\CCCCCCCC(=O)O. The van der Waals surface area contributed by atoms with E-state index in [4.69, 9.17) is 5.11 Å². The number of allylic oxidation sites excluding steroid dienone is 4. The van der Waals surface area contributed by atoms with E-state index in [0.717, 1.165) is 32.0 Å². The molecule has 194 valence electrons. The highest BCUT2D eigenvalue weighted by Gasteiger charge is 1.95. The molecule has 0 aromatic rings. The molecule has 1 N–H and O–H groups in total. The van der Waals surface area contributed by atoms with Crippen molar-refractivity contribution in [3.05, 3.63) is 24.3 Å². The second-order valence-corrected chi connectivity index (χ2v) is 9.15. The summed E-state index contributed by atoms with van der Waals surface area (Å²) in [5.41, 5.74) is 0. The van der Waals surface area contributed by atoms with Crippen molar-refractivity contribution < 1.29 is 14.7 Å². The lowest BCUT2D eigenvalue weighted by atomic mass is 10.1. The highest BCUT2D eigenvalue weighted by molar-refractivity contribution is 5.66. The molecule has 0 aliphatic carbocycles. The van der Waals surface area contributed by atoms with Gasteiger partial charge in [-0.2, -0.15) is 0 Å². The van der Waals surface area contributed by atoms with Crippen molar-refractivity contribution >= 4 is 12.3 Å². The summed E-state index contributed by atoms with van der Waals surface area (Å²) in [4.78, 5) is 20.3. The fraction of sp³-hybridized carbons (Fsp3) is 0.800. The maximum Gasteiger partial charge on any atom is 0.303 e. The van der Waals surface area contributed by atoms with E-state index < -0.39 is 5.97 Å². The van der Waals surface area contributed by atoms with Gasteiger partial charge in [0.2, 0.25) is 0 Å². The van der Waals surface area contributed by atoms with E-state index in [0.29, 0.717) is 6.42 Å². The highest BCUT2D eigenvalue weighted by Crippen LogP contribution is 2.09. The minimum Gasteiger partial charge on any atom is -0.481 e. The Hall–Kier alpha value is -1.38. The largest absolute Gasteiger partial charge is 0.481 e. The van der Waals surface area contributed by atoms with Crippen LogP contribution in [-0.2, 0) is 9.59 Å². The van der Waals surface area contributed by atoms with Crippen LogP contribution in [0.4, 0.5) is 0 Å². The summed E-state index contributed by atoms with van der Waals surface area (Å²) in [6.07, 6.45) is 36.0. The molecule has 0 unspecified atom stereocenters. The van der Waals surface area contributed by atoms with Crippen molar-refractivity contribution in [2.24, 2.45) is 0 Å². The van der Waals surface area contributed by atoms with Crippen LogP contribution in [0.25, 0.3) is 0 Å². The van der Waals surface area contributed by atoms with Crippen LogP contribution in [-0.4, -0.2) is 17.4 Å². The van der Waals surface area contributed by atoms with Gasteiger partial charge in [0.1, 0.15) is 6.29 Å². The summed E-state index contributed by atoms with van der Waals surface area (Å²) in [6.45, 7) is 4.49. The quantitative estimate of drug-likeness (QED) is 0.0878. The maximum atomic E-state index is 10.3. The molecule has 0 aliphatic rings. The van der Waals surface area contributed by atoms with Crippen LogP contribution in [0.2, 0.25) is 0 Å². The molecule has 0 atom stereocenters. The first kappa shape index (κ1) is 33.8. The van der Waals surface area contributed by atoms with Crippen molar-refractivity contribution in [2.75, 3.05) is 0 Å². The monoisotopic (exact) mass is 464 g/mol. The van der Waals surface area contributed by atoms with Crippen LogP contribution >= 0.6 is 0 Å². The number of carboxylic acid groups (broad SMARTS) is 1. The number of unbranched alkanes of at least 4 members (excludes halogenated alkanes) is 17. The summed E-state index contributed by atoms with van der Waals surface area (Å²) >= 11 is 0. The molecule has 0 spiro atoms. The van der Waals surface area contributed by atoms with Crippen LogP contribution < -0.4 is 0 Å². The molecule has 0 radical (unpaired) electrons. The van der Waals surface area contributed by atoms with E-state index in [9.17, 15) is 9.59 Å². The lowest BCUT2D eigenvalue weighted by Crippen LogP contribution is -1.93. The molecule has 33 heavy (non-hydrogen) atoms. The number of carbonyl (C=O) groups excluding carboxylic acids is 1. The smallest absolute Gasteiger partial charge is 0.303 e. The molecule has 0 rings (SSSR count). The number of rotatable bonds is 24. The van der Waals surface area contributed by atoms with Crippen LogP contribution in [0.5, 0.6) is 0 Å². The minimum absolute atomic E-state index is 0.331. The second-order valence-electron chi connectivity index (χ2n) is 9.15. The van der Waals surface area contributed by atoms with E-state index in [1.165, 1.54) is 109 Å². The Morgan fingerprint density at radius 3 is 1.24 bits per heavy atom. The lowest BCUT2D eigenvalue weighted by molar-refractivity contribution is -0.137. The molecule has 0 aliphatic heterocycles. The maximum absolute atomic E-state index is 10.3. The van der Waals surface area contributed by atoms with Gasteiger partial charge >= 0.3 is 5.97 Å². The van der Waals surface area contributed by atoms with E-state index >= 15 is 0 Å². The minimum atomic E-state index is -0.666. The number of hydrogen-bond donors (Lipinski definition) is 1. The van der Waals surface area contributed by atoms with Crippen molar-refractivity contribution in [1.82, 2.24) is 0 Å². The lowest BCUT2D eigenvalue weighted by Gasteiger charge is -1.98. The van der Waals surface area contributed by atoms with Gasteiger partial charge < -0.3 is 9.90 Å². The first-order valence-corrected chi connectivity index (χ1v) is 14.1. The van der Waals surface area contributed by atoms with Crippen LogP contribution in [0.3, 0.4) is 0 Å². The summed E-state index contributed by atoms with van der Waals surface area (Å²) in [5.74, 6) is -0.666. The first-order valence-electron chi connectivity index (χ1n) is 14.1. The standard InChI is InChI=1S/C16H30O2.C14H26O/c1-2-3-4-5-6-7-8-9-10-11-12-13-14-15-16(17)18;1-2-3-4-5-6-7-8-9-10-11-12-13-14-15/h7-8H,2-6,9-15H2,1H3,(H,17,18);7-8,14H,2-6,9-13H2,1H3/b2*8-7-. The Kier molecular flexibility index (Phi) is 33.6. The van der Waals surface area contributed by atoms with Gasteiger partial charge in [0.15, 0.2) is 0 Å². The molecule has 0 heterocycles. The van der Waals surface area contributed by atoms with Crippen molar-refractivity contribution in [1.29, 1.82) is 0 Å². The van der Waals surface area contributed by atoms with E-state index in [-0.39, 0.29) is 0 Å². The molecule has 0 fully saturated rings. The van der Waals surface area contributed by atoms with Gasteiger partial charge in [0.05, 0.1) is 0 Å². The summed E-state index contributed by atoms with van der Waals surface area (Å²) in [7, 11) is 0. The first-order chi connectivity index (χ1) is 16.2. The molecule has 0 bridgehead atoms. The van der Waals surface area contributed by atoms with E-state index in [2.05, 4.69) is 38.2 Å². The Morgan fingerprint density at radius 2 is 0.848 bits per heavy atom. The number of carbonyl (C=O) groups is 2. The van der Waals surface area contributed by atoms with Gasteiger partial charge in [-0.05, 0) is 64.2 Å². The molecule has 0 aromatic heterocycles. The van der Waals surface area contributed by atoms with E-state index in [1.807, 2.05) is 0 Å². The van der Waals surface area contributed by atoms with Crippen LogP contribution in [0, 0.1) is 0 Å². The molecule has 0 saturated carbocycles. The normalized spacial score (nSPS) is 11.1. The Bertz CT molecular complexity index is 440. The van der Waals surface area contributed by atoms with Crippen molar-refractivity contribution in [2.45, 2.75) is 155 Å². The van der Waals surface area contributed by atoms with Gasteiger partial charge in [-0.1, -0.05) is 102 Å². The molecular formula is C30H56O3. The third kappa shape index (κ3) is 38.2. The van der Waals surface area contributed by atoms with Crippen LogP contribution in [0.1, 0.15) is 155 Å². The zero-order valence-electron chi connectivity index (χ0n) is 22.2. The average Bonchev–Trinajstić information content (AvgIpc) is 2.81. The third-order valence-corrected chi connectivity index (χ3v) is 5.74. The molecule has 0 aromatic carbocycles. The van der Waals surface area contributed by atoms with Gasteiger partial charge in [-0.25, -0.2) is 0 Å². The fourth-order valence-corrected chi connectivity index (χ4v) is 3.58. The molecule has 0 amide bonds. The van der Waals surface area contributed by atoms with Gasteiger partial charge in [0.25, 0.3) is 0 Å². The zero-order valence-corrected chi connectivity index (χ0v) is 22.2. The van der Waals surface area contributed by atoms with Gasteiger partial charge in [0, 0.05) is 12.8 Å². The topological polar surface area (TPSA) is 54.4 Å². The summed E-state index contributed by atoms with van der Waals surface area (Å²) in [5, 5.41) is 8.48. The van der Waals surface area contributed by atoms with Crippen LogP contribution in [0.15, 0.2) is 24.3 Å². The third-order valence-electron chi connectivity index (χ3n) is 5.74. The Balaban J connectivity index is 0. The number of carboxylic acids is 1. The fourth-order valence-electron chi connectivity index (χ4n) is 3.58. The number of hydrogen-bond acceptors (Lipinski definition) is 2. The molecule has 0 saturated heterocycles. The highest BCUT2D eigenvalue weighted by atomic mass is 16.4. The summed E-state index contributed by atoms with van der Waals surface area (Å²) < 4.78 is 0. The summed E-state index contributed by atoms with van der Waals surface area (Å²) in [6, 6.07) is 0. The Labute approximate surface area is 206 Å². The van der Waals surface area contributed by atoms with Crippen molar-refractivity contribution in [3.63, 3.8) is 0 Å². The predicted octanol–water partition coefficient (Wildman–Crippen LogP) is 9.99. The molecular weight excluding hydrogens is 408 g/mol. The predicted molar refractivity (Wildman–Crippen MR) is 145 cm³/mol. The Morgan fingerprint density at radius 1 is 0.515 bits per heavy atom. The van der Waals surface area contributed by atoms with Gasteiger partial charge in [-0.15, -0.1) is 0 Å². The zero-order chi connectivity index (χ0) is 24.7. The van der Waals surface area contributed by atoms with E-state index in [1.54, 1.807) is 0 Å². The average molecular weight is 465 g/mol. The number of aldehydes is 1. The van der Waals surface area contributed by atoms with Gasteiger partial charge in [-0.3, -0.25) is 4.79 Å². The number of aliphatic carboxylic acids is 1.